The van der Waals surface area contributed by atoms with E-state index in [0.29, 0.717) is 0 Å². The van der Waals surface area contributed by atoms with E-state index in [1.807, 2.05) is 0 Å². The third-order valence-corrected chi connectivity index (χ3v) is 0.957. The fourth-order valence-electron chi connectivity index (χ4n) is 0.500. The van der Waals surface area contributed by atoms with Crippen LogP contribution in [0.4, 0.5) is 0 Å². The number of hydrogen-bond acceptors (Lipinski definition) is 0. The summed E-state index contributed by atoms with van der Waals surface area (Å²) >= 11 is 9.53. The van der Waals surface area contributed by atoms with Crippen LogP contribution in [0, 0.1) is 0 Å². The highest BCUT2D eigenvalue weighted by molar-refractivity contribution is 6.40. The van der Waals surface area contributed by atoms with Gasteiger partial charge in [-0.1, -0.05) is 47.0 Å². The zero-order chi connectivity index (χ0) is 7.54. The van der Waals surface area contributed by atoms with Crippen LogP contribution in [0.2, 0.25) is 0 Å². The summed E-state index contributed by atoms with van der Waals surface area (Å²) in [7, 11) is 0. The Hall–Kier alpha value is 0.580. The van der Waals surface area contributed by atoms with Crippen LogP contribution in [0.5, 0.6) is 0 Å². The van der Waals surface area contributed by atoms with E-state index in [2.05, 4.69) is 13.8 Å². The molecule has 0 heterocycles. The molecule has 0 aliphatic heterocycles. The minimum absolute atomic E-state index is 0. The Morgan fingerprint density at radius 1 is 0.900 bits per heavy atom. The molecule has 0 spiro atoms. The van der Waals surface area contributed by atoms with Crippen molar-refractivity contribution in [3.63, 3.8) is 0 Å². The van der Waals surface area contributed by atoms with Crippen molar-refractivity contribution in [2.45, 2.75) is 47.0 Å². The molecule has 0 nitrogen and oxygen atoms in total. The second-order valence-electron chi connectivity index (χ2n) is 1.81. The first kappa shape index (κ1) is 16.9. The van der Waals surface area contributed by atoms with Crippen molar-refractivity contribution in [3.05, 3.63) is 0 Å². The molecule has 0 aromatic heterocycles. The minimum Gasteiger partial charge on any atom is -0.109 e. The van der Waals surface area contributed by atoms with E-state index in [9.17, 15) is 0 Å². The van der Waals surface area contributed by atoms with Crippen LogP contribution < -0.4 is 0 Å². The molecule has 0 bridgehead atoms. The maximum absolute atomic E-state index is 4.76. The molecule has 0 saturated heterocycles. The standard InChI is InChI=1S/C6H14.CH2Cl2.CH4/c1-3-5-6-4-2;2-1-3;/h3-6H2,1-2H3;1H2;1H4. The number of alkyl halides is 2. The molecule has 0 aromatic rings. The Morgan fingerprint density at radius 2 is 1.10 bits per heavy atom. The van der Waals surface area contributed by atoms with Crippen molar-refractivity contribution in [3.8, 4) is 0 Å². The maximum atomic E-state index is 4.76. The van der Waals surface area contributed by atoms with Gasteiger partial charge >= 0.3 is 0 Å². The lowest BCUT2D eigenvalue weighted by molar-refractivity contribution is 0.702. The van der Waals surface area contributed by atoms with Crippen LogP contribution in [-0.2, 0) is 0 Å². The van der Waals surface area contributed by atoms with Crippen molar-refractivity contribution in [1.82, 2.24) is 0 Å². The topological polar surface area (TPSA) is 0 Å². The lowest BCUT2D eigenvalue weighted by Crippen LogP contribution is -1.66. The molecule has 0 atom stereocenters. The summed E-state index contributed by atoms with van der Waals surface area (Å²) in [5.41, 5.74) is 0. The van der Waals surface area contributed by atoms with E-state index in [-0.39, 0.29) is 12.8 Å². The second kappa shape index (κ2) is 22.7. The molecule has 0 saturated carbocycles. The molecule has 0 aromatic carbocycles. The number of rotatable bonds is 3. The zero-order valence-electron chi connectivity index (χ0n) is 6.29. The Kier molecular flexibility index (Phi) is 38.3. The lowest BCUT2D eigenvalue weighted by atomic mass is 10.2. The third kappa shape index (κ3) is 38.5. The van der Waals surface area contributed by atoms with Crippen molar-refractivity contribution in [2.75, 3.05) is 5.34 Å². The van der Waals surface area contributed by atoms with Gasteiger partial charge < -0.3 is 0 Å². The molecule has 0 rings (SSSR count). The smallest absolute Gasteiger partial charge is 0.0967 e. The molecular weight excluding hydrogens is 167 g/mol. The van der Waals surface area contributed by atoms with Crippen LogP contribution in [0.25, 0.3) is 0 Å². The van der Waals surface area contributed by atoms with E-state index >= 15 is 0 Å². The Balaban J connectivity index is -0.000000107. The Morgan fingerprint density at radius 3 is 1.20 bits per heavy atom. The number of unbranched alkanes of at least 4 members (excludes halogenated alkanes) is 3. The van der Waals surface area contributed by atoms with Gasteiger partial charge in [0.2, 0.25) is 0 Å². The molecule has 0 fully saturated rings. The van der Waals surface area contributed by atoms with E-state index < -0.39 is 0 Å². The predicted octanol–water partition coefficient (Wildman–Crippen LogP) is 4.64. The summed E-state index contributed by atoms with van der Waals surface area (Å²) in [5, 5.41) is 0.194. The molecule has 66 valence electrons. The molecule has 0 unspecified atom stereocenters. The molecule has 0 aliphatic carbocycles. The van der Waals surface area contributed by atoms with Crippen LogP contribution in [0.1, 0.15) is 47.0 Å². The molecular formula is C8H20Cl2. The SMILES string of the molecule is C.CCCCCC.ClCCl. The highest BCUT2D eigenvalue weighted by Gasteiger charge is 1.75. The average molecular weight is 187 g/mol. The fraction of sp³-hybridized carbons (Fsp3) is 1.00. The van der Waals surface area contributed by atoms with Gasteiger partial charge in [-0.2, -0.15) is 0 Å². The molecule has 0 N–H and O–H groups in total. The first-order valence-corrected chi connectivity index (χ1v) is 4.52. The quantitative estimate of drug-likeness (QED) is 0.445. The van der Waals surface area contributed by atoms with Crippen molar-refractivity contribution in [1.29, 1.82) is 0 Å². The van der Waals surface area contributed by atoms with Crippen LogP contribution in [0.15, 0.2) is 0 Å². The van der Waals surface area contributed by atoms with Crippen LogP contribution >= 0.6 is 23.2 Å². The maximum Gasteiger partial charge on any atom is 0.0967 e. The van der Waals surface area contributed by atoms with Gasteiger partial charge in [0, 0.05) is 0 Å². The van der Waals surface area contributed by atoms with Crippen molar-refractivity contribution in [2.24, 2.45) is 0 Å². The van der Waals surface area contributed by atoms with E-state index in [0.717, 1.165) is 0 Å². The van der Waals surface area contributed by atoms with Gasteiger partial charge in [0.1, 0.15) is 0 Å². The zero-order valence-corrected chi connectivity index (χ0v) is 7.80. The van der Waals surface area contributed by atoms with Crippen molar-refractivity contribution >= 4 is 23.2 Å². The van der Waals surface area contributed by atoms with E-state index in [4.69, 9.17) is 23.2 Å². The largest absolute Gasteiger partial charge is 0.109 e. The van der Waals surface area contributed by atoms with Gasteiger partial charge in [-0.3, -0.25) is 0 Å². The summed E-state index contributed by atoms with van der Waals surface area (Å²) in [4.78, 5) is 0. The molecule has 10 heavy (non-hydrogen) atoms. The van der Waals surface area contributed by atoms with Gasteiger partial charge in [-0.15, -0.1) is 23.2 Å². The van der Waals surface area contributed by atoms with Crippen molar-refractivity contribution < 1.29 is 0 Å². The lowest BCUT2D eigenvalue weighted by Gasteiger charge is -1.86. The summed E-state index contributed by atoms with van der Waals surface area (Å²) in [6, 6.07) is 0. The second-order valence-corrected chi connectivity index (χ2v) is 2.62. The highest BCUT2D eigenvalue weighted by Crippen LogP contribution is 1.95. The molecule has 2 heteroatoms. The molecule has 0 radical (unpaired) electrons. The first-order chi connectivity index (χ1) is 4.33. The molecule has 0 amide bonds. The Bertz CT molecular complexity index is 26.4. The number of hydrogen-bond donors (Lipinski definition) is 0. The van der Waals surface area contributed by atoms with Crippen LogP contribution in [-0.4, -0.2) is 5.34 Å². The molecule has 0 aliphatic rings. The van der Waals surface area contributed by atoms with Gasteiger partial charge in [-0.05, 0) is 0 Å². The summed E-state index contributed by atoms with van der Waals surface area (Å²) in [6.07, 6.45) is 5.54. The number of halogens is 2. The summed E-state index contributed by atoms with van der Waals surface area (Å²) in [6.45, 7) is 4.46. The van der Waals surface area contributed by atoms with E-state index in [1.54, 1.807) is 0 Å². The van der Waals surface area contributed by atoms with Crippen LogP contribution in [0.3, 0.4) is 0 Å². The normalized spacial score (nSPS) is 7.20. The summed E-state index contributed by atoms with van der Waals surface area (Å²) < 4.78 is 0. The van der Waals surface area contributed by atoms with Gasteiger partial charge in [-0.25, -0.2) is 0 Å². The van der Waals surface area contributed by atoms with Gasteiger partial charge in [0.15, 0.2) is 0 Å². The Labute approximate surface area is 75.9 Å². The van der Waals surface area contributed by atoms with Gasteiger partial charge in [0.05, 0.1) is 5.34 Å². The predicted molar refractivity (Wildman–Crippen MR) is 53.1 cm³/mol. The average Bonchev–Trinajstić information content (AvgIpc) is 1.86. The minimum atomic E-state index is 0. The summed E-state index contributed by atoms with van der Waals surface area (Å²) in [5.74, 6) is 0. The van der Waals surface area contributed by atoms with E-state index in [1.165, 1.54) is 25.7 Å². The fourth-order valence-corrected chi connectivity index (χ4v) is 0.500. The highest BCUT2D eigenvalue weighted by atomic mass is 35.5. The first-order valence-electron chi connectivity index (χ1n) is 3.45. The third-order valence-electron chi connectivity index (χ3n) is 0.957. The van der Waals surface area contributed by atoms with Gasteiger partial charge in [0.25, 0.3) is 0 Å². The monoisotopic (exact) mass is 186 g/mol.